The maximum atomic E-state index is 4.12. The average molecular weight is 288 g/mol. The summed E-state index contributed by atoms with van der Waals surface area (Å²) in [5.74, 6) is 0.992. The molecular weight excluding hydrogens is 264 g/mol. The largest absolute Gasteiger partial charge is 0.317 e. The molecule has 0 saturated carbocycles. The van der Waals surface area contributed by atoms with Crippen LogP contribution in [0.1, 0.15) is 18.3 Å². The lowest BCUT2D eigenvalue weighted by Crippen LogP contribution is -2.37. The molecule has 0 radical (unpaired) electrons. The van der Waals surface area contributed by atoms with Gasteiger partial charge in [0.2, 0.25) is 0 Å². The number of nitrogens with one attached hydrogen (secondary N) is 1. The van der Waals surface area contributed by atoms with Gasteiger partial charge in [0.05, 0.1) is 14.6 Å². The van der Waals surface area contributed by atoms with Gasteiger partial charge < -0.3 is 9.88 Å². The maximum absolute atomic E-state index is 4.12. The van der Waals surface area contributed by atoms with Crippen LogP contribution in [0.5, 0.6) is 0 Å². The predicted molar refractivity (Wildman–Crippen MR) is 85.7 cm³/mol. The first-order valence-corrected chi connectivity index (χ1v) is 10.7. The van der Waals surface area contributed by atoms with Crippen molar-refractivity contribution >= 4 is 13.3 Å². The highest BCUT2D eigenvalue weighted by atomic mass is 28.3. The molecule has 1 aromatic carbocycles. The van der Waals surface area contributed by atoms with E-state index in [0.717, 1.165) is 25.5 Å². The van der Waals surface area contributed by atoms with Crippen LogP contribution >= 0.6 is 0 Å². The van der Waals surface area contributed by atoms with Crippen LogP contribution in [-0.2, 0) is 19.6 Å². The second-order valence-corrected chi connectivity index (χ2v) is 11.2. The van der Waals surface area contributed by atoms with Gasteiger partial charge in [0, 0.05) is 13.1 Å². The monoisotopic (exact) mass is 288 g/mol. The normalized spacial score (nSPS) is 11.8. The van der Waals surface area contributed by atoms with Gasteiger partial charge in [0.15, 0.2) is 0 Å². The summed E-state index contributed by atoms with van der Waals surface area (Å²) < 4.78 is 2.06. The molecule has 108 valence electrons. The van der Waals surface area contributed by atoms with Crippen molar-refractivity contribution in [2.24, 2.45) is 0 Å². The summed E-state index contributed by atoms with van der Waals surface area (Å²) >= 11 is 0. The zero-order chi connectivity index (χ0) is 14.6. The lowest BCUT2D eigenvalue weighted by atomic mass is 10.2. The van der Waals surface area contributed by atoms with Gasteiger partial charge in [-0.05, 0) is 12.5 Å². The lowest BCUT2D eigenvalue weighted by molar-refractivity contribution is 0.612. The van der Waals surface area contributed by atoms with Crippen molar-refractivity contribution in [2.45, 2.75) is 46.2 Å². The third-order valence-electron chi connectivity index (χ3n) is 3.47. The Morgan fingerprint density at radius 1 is 1.10 bits per heavy atom. The van der Waals surface area contributed by atoms with Crippen LogP contribution in [0.15, 0.2) is 30.6 Å². The summed E-state index contributed by atoms with van der Waals surface area (Å²) in [6, 6.07) is 9.01. The molecular formula is C15H24N4Si. The number of hydrogen-bond acceptors (Lipinski definition) is 3. The molecule has 1 N–H and O–H groups in total. The van der Waals surface area contributed by atoms with E-state index in [1.54, 1.807) is 6.33 Å². The van der Waals surface area contributed by atoms with Crippen LogP contribution in [0.4, 0.5) is 0 Å². The lowest BCUT2D eigenvalue weighted by Gasteiger charge is -2.16. The number of aromatic nitrogens is 3. The maximum Gasteiger partial charge on any atom is 0.146 e. The van der Waals surface area contributed by atoms with E-state index in [1.165, 1.54) is 10.8 Å². The second kappa shape index (κ2) is 6.32. The molecule has 0 aliphatic rings. The van der Waals surface area contributed by atoms with E-state index in [2.05, 4.69) is 70.9 Å². The molecule has 2 rings (SSSR count). The topological polar surface area (TPSA) is 42.7 Å². The van der Waals surface area contributed by atoms with Gasteiger partial charge in [-0.25, -0.2) is 0 Å². The van der Waals surface area contributed by atoms with Crippen molar-refractivity contribution < 1.29 is 0 Å². The van der Waals surface area contributed by atoms with Gasteiger partial charge in [-0.15, -0.1) is 10.2 Å². The Morgan fingerprint density at radius 3 is 2.40 bits per heavy atom. The summed E-state index contributed by atoms with van der Waals surface area (Å²) in [5, 5.41) is 13.0. The van der Waals surface area contributed by atoms with Gasteiger partial charge in [-0.2, -0.15) is 0 Å². The molecule has 0 atom stereocenters. The number of benzene rings is 1. The molecule has 0 saturated heterocycles. The van der Waals surface area contributed by atoms with E-state index in [-0.39, 0.29) is 0 Å². The average Bonchev–Trinajstić information content (AvgIpc) is 2.86. The highest BCUT2D eigenvalue weighted by Crippen LogP contribution is 2.05. The summed E-state index contributed by atoms with van der Waals surface area (Å²) in [7, 11) is -1.19. The minimum atomic E-state index is -1.19. The predicted octanol–water partition coefficient (Wildman–Crippen LogP) is 2.13. The van der Waals surface area contributed by atoms with Crippen LogP contribution in [0, 0.1) is 0 Å². The van der Waals surface area contributed by atoms with Crippen LogP contribution < -0.4 is 10.5 Å². The summed E-state index contributed by atoms with van der Waals surface area (Å²) in [5.41, 5.74) is 1.31. The van der Waals surface area contributed by atoms with E-state index in [9.17, 15) is 0 Å². The molecule has 0 spiro atoms. The Morgan fingerprint density at radius 2 is 1.80 bits per heavy atom. The zero-order valence-corrected chi connectivity index (χ0v) is 13.8. The Balaban J connectivity index is 1.88. The fourth-order valence-corrected chi connectivity index (χ4v) is 3.29. The first kappa shape index (κ1) is 14.9. The molecule has 1 aromatic heterocycles. The fraction of sp³-hybridized carbons (Fsp3) is 0.467. The SMILES string of the molecule is CCn1cnnc1CNCc1ccc([Si](C)(C)C)cc1. The Kier molecular flexibility index (Phi) is 4.72. The van der Waals surface area contributed by atoms with Crippen molar-refractivity contribution in [2.75, 3.05) is 0 Å². The smallest absolute Gasteiger partial charge is 0.146 e. The number of hydrogen-bond donors (Lipinski definition) is 1. The van der Waals surface area contributed by atoms with Crippen molar-refractivity contribution in [1.82, 2.24) is 20.1 Å². The third-order valence-corrected chi connectivity index (χ3v) is 5.53. The van der Waals surface area contributed by atoms with Crippen LogP contribution in [0.25, 0.3) is 0 Å². The number of aryl methyl sites for hydroxylation is 1. The first-order valence-electron chi connectivity index (χ1n) is 7.17. The Labute approximate surface area is 122 Å². The van der Waals surface area contributed by atoms with E-state index in [0.29, 0.717) is 0 Å². The molecule has 4 nitrogen and oxygen atoms in total. The first-order chi connectivity index (χ1) is 9.50. The van der Waals surface area contributed by atoms with Gasteiger partial charge >= 0.3 is 0 Å². The molecule has 0 amide bonds. The highest BCUT2D eigenvalue weighted by Gasteiger charge is 2.15. The third kappa shape index (κ3) is 3.77. The second-order valence-electron chi connectivity index (χ2n) is 6.08. The molecule has 0 unspecified atom stereocenters. The molecule has 0 bridgehead atoms. The number of nitrogens with zero attached hydrogens (tertiary/aromatic N) is 3. The molecule has 0 aliphatic heterocycles. The van der Waals surface area contributed by atoms with E-state index < -0.39 is 8.07 Å². The summed E-state index contributed by atoms with van der Waals surface area (Å²) in [4.78, 5) is 0. The van der Waals surface area contributed by atoms with Crippen molar-refractivity contribution in [3.8, 4) is 0 Å². The molecule has 5 heteroatoms. The van der Waals surface area contributed by atoms with Gasteiger partial charge in [-0.3, -0.25) is 0 Å². The summed E-state index contributed by atoms with van der Waals surface area (Å²) in [6.45, 7) is 11.7. The van der Waals surface area contributed by atoms with E-state index in [4.69, 9.17) is 0 Å². The van der Waals surface area contributed by atoms with E-state index >= 15 is 0 Å². The van der Waals surface area contributed by atoms with Crippen molar-refractivity contribution in [3.05, 3.63) is 42.0 Å². The minimum absolute atomic E-state index is 0.754. The van der Waals surface area contributed by atoms with Gasteiger partial charge in [-0.1, -0.05) is 49.1 Å². The fourth-order valence-electron chi connectivity index (χ4n) is 2.12. The quantitative estimate of drug-likeness (QED) is 0.828. The summed E-state index contributed by atoms with van der Waals surface area (Å²) in [6.07, 6.45) is 1.78. The Hall–Kier alpha value is -1.46. The number of rotatable bonds is 6. The standard InChI is InChI=1S/C15H24N4Si/c1-5-19-12-17-18-15(19)11-16-10-13-6-8-14(9-7-13)20(2,3)4/h6-9,12,16H,5,10-11H2,1-4H3. The molecule has 1 heterocycles. The molecule has 0 fully saturated rings. The van der Waals surface area contributed by atoms with Crippen LogP contribution in [0.3, 0.4) is 0 Å². The zero-order valence-electron chi connectivity index (χ0n) is 12.8. The van der Waals surface area contributed by atoms with Crippen LogP contribution in [0.2, 0.25) is 19.6 Å². The minimum Gasteiger partial charge on any atom is -0.317 e. The molecule has 0 aliphatic carbocycles. The van der Waals surface area contributed by atoms with Gasteiger partial charge in [0.1, 0.15) is 12.2 Å². The highest BCUT2D eigenvalue weighted by molar-refractivity contribution is 6.88. The molecule has 20 heavy (non-hydrogen) atoms. The van der Waals surface area contributed by atoms with Gasteiger partial charge in [0.25, 0.3) is 0 Å². The van der Waals surface area contributed by atoms with Crippen molar-refractivity contribution in [1.29, 1.82) is 0 Å². The van der Waals surface area contributed by atoms with E-state index in [1.807, 2.05) is 0 Å². The van der Waals surface area contributed by atoms with Crippen molar-refractivity contribution in [3.63, 3.8) is 0 Å². The molecule has 2 aromatic rings. The van der Waals surface area contributed by atoms with Crippen LogP contribution in [-0.4, -0.2) is 22.8 Å². The Bertz CT molecular complexity index is 540.